The third-order valence-corrected chi connectivity index (χ3v) is 4.60. The highest BCUT2D eigenvalue weighted by Crippen LogP contribution is 2.36. The van der Waals surface area contributed by atoms with E-state index in [4.69, 9.17) is 4.42 Å². The number of rotatable bonds is 3. The second-order valence-corrected chi connectivity index (χ2v) is 5.74. The van der Waals surface area contributed by atoms with E-state index in [0.717, 1.165) is 12.3 Å². The quantitative estimate of drug-likeness (QED) is 0.891. The van der Waals surface area contributed by atoms with Crippen LogP contribution in [0.4, 0.5) is 0 Å². The molecule has 18 heavy (non-hydrogen) atoms. The van der Waals surface area contributed by atoms with Crippen molar-refractivity contribution in [2.24, 2.45) is 5.92 Å². The molecule has 0 amide bonds. The SMILES string of the molecule is CNCC1CCN(C2CCCc3occc32)CC1. The number of likely N-dealkylation sites (tertiary alicyclic amines) is 1. The molecule has 1 aromatic heterocycles. The Labute approximate surface area is 110 Å². The van der Waals surface area contributed by atoms with Crippen molar-refractivity contribution in [3.63, 3.8) is 0 Å². The fraction of sp³-hybridized carbons (Fsp3) is 0.733. The maximum atomic E-state index is 5.60. The van der Waals surface area contributed by atoms with Crippen molar-refractivity contribution >= 4 is 0 Å². The molecule has 100 valence electrons. The molecule has 0 spiro atoms. The maximum Gasteiger partial charge on any atom is 0.108 e. The van der Waals surface area contributed by atoms with Crippen LogP contribution in [0.5, 0.6) is 0 Å². The number of piperidine rings is 1. The van der Waals surface area contributed by atoms with Gasteiger partial charge >= 0.3 is 0 Å². The van der Waals surface area contributed by atoms with E-state index >= 15 is 0 Å². The van der Waals surface area contributed by atoms with E-state index in [1.165, 1.54) is 56.6 Å². The normalized spacial score (nSPS) is 26.2. The molecule has 2 aliphatic rings. The van der Waals surface area contributed by atoms with Gasteiger partial charge in [0.1, 0.15) is 5.76 Å². The zero-order valence-electron chi connectivity index (χ0n) is 11.3. The number of nitrogens with zero attached hydrogens (tertiary/aromatic N) is 1. The second-order valence-electron chi connectivity index (χ2n) is 5.74. The molecule has 3 rings (SSSR count). The summed E-state index contributed by atoms with van der Waals surface area (Å²) in [5.74, 6) is 2.11. The highest BCUT2D eigenvalue weighted by atomic mass is 16.3. The molecule has 0 radical (unpaired) electrons. The van der Waals surface area contributed by atoms with Crippen molar-refractivity contribution in [2.75, 3.05) is 26.7 Å². The van der Waals surface area contributed by atoms with Crippen LogP contribution >= 0.6 is 0 Å². The van der Waals surface area contributed by atoms with Crippen LogP contribution < -0.4 is 5.32 Å². The summed E-state index contributed by atoms with van der Waals surface area (Å²) < 4.78 is 5.60. The predicted molar refractivity (Wildman–Crippen MR) is 72.6 cm³/mol. The summed E-state index contributed by atoms with van der Waals surface area (Å²) in [6, 6.07) is 2.82. The van der Waals surface area contributed by atoms with Gasteiger partial charge in [0.05, 0.1) is 6.26 Å². The van der Waals surface area contributed by atoms with Gasteiger partial charge in [-0.25, -0.2) is 0 Å². The van der Waals surface area contributed by atoms with Gasteiger partial charge in [-0.3, -0.25) is 4.90 Å². The first-order valence-electron chi connectivity index (χ1n) is 7.33. The molecule has 1 aliphatic carbocycles. The Morgan fingerprint density at radius 2 is 2.17 bits per heavy atom. The molecule has 1 N–H and O–H groups in total. The summed E-state index contributed by atoms with van der Waals surface area (Å²) in [5, 5.41) is 3.31. The van der Waals surface area contributed by atoms with Gasteiger partial charge in [0, 0.05) is 18.0 Å². The molecule has 1 saturated heterocycles. The van der Waals surface area contributed by atoms with Gasteiger partial charge in [0.25, 0.3) is 0 Å². The number of fused-ring (bicyclic) bond motifs is 1. The number of furan rings is 1. The van der Waals surface area contributed by atoms with E-state index in [1.54, 1.807) is 0 Å². The van der Waals surface area contributed by atoms with Crippen molar-refractivity contribution in [3.05, 3.63) is 23.7 Å². The van der Waals surface area contributed by atoms with Gasteiger partial charge in [0.15, 0.2) is 0 Å². The van der Waals surface area contributed by atoms with Crippen LogP contribution in [0.25, 0.3) is 0 Å². The van der Waals surface area contributed by atoms with Crippen LogP contribution in [-0.2, 0) is 6.42 Å². The summed E-state index contributed by atoms with van der Waals surface area (Å²) in [6.45, 7) is 3.68. The first kappa shape index (κ1) is 12.2. The summed E-state index contributed by atoms with van der Waals surface area (Å²) in [4.78, 5) is 2.68. The lowest BCUT2D eigenvalue weighted by Crippen LogP contribution is -2.39. The lowest BCUT2D eigenvalue weighted by molar-refractivity contribution is 0.119. The van der Waals surface area contributed by atoms with E-state index in [9.17, 15) is 0 Å². The minimum absolute atomic E-state index is 0.628. The first-order chi connectivity index (χ1) is 8.88. The van der Waals surface area contributed by atoms with E-state index in [1.807, 2.05) is 6.26 Å². The minimum atomic E-state index is 0.628. The third kappa shape index (κ3) is 2.34. The van der Waals surface area contributed by atoms with Gasteiger partial charge in [0.2, 0.25) is 0 Å². The predicted octanol–water partition coefficient (Wildman–Crippen LogP) is 2.59. The van der Waals surface area contributed by atoms with Crippen LogP contribution in [0, 0.1) is 5.92 Å². The Kier molecular flexibility index (Phi) is 3.71. The average Bonchev–Trinajstić information content (AvgIpc) is 2.88. The van der Waals surface area contributed by atoms with Gasteiger partial charge in [-0.05, 0) is 64.3 Å². The summed E-state index contributed by atoms with van der Waals surface area (Å²) >= 11 is 0. The number of aryl methyl sites for hydroxylation is 1. The molecule has 0 aromatic carbocycles. The molecule has 1 atom stereocenters. The zero-order valence-corrected chi connectivity index (χ0v) is 11.3. The Morgan fingerprint density at radius 1 is 1.33 bits per heavy atom. The van der Waals surface area contributed by atoms with Crippen molar-refractivity contribution in [2.45, 2.75) is 38.1 Å². The Hall–Kier alpha value is -0.800. The van der Waals surface area contributed by atoms with Crippen LogP contribution in [0.15, 0.2) is 16.7 Å². The monoisotopic (exact) mass is 248 g/mol. The van der Waals surface area contributed by atoms with Gasteiger partial charge in [-0.2, -0.15) is 0 Å². The number of nitrogens with one attached hydrogen (secondary N) is 1. The van der Waals surface area contributed by atoms with Crippen LogP contribution in [0.2, 0.25) is 0 Å². The average molecular weight is 248 g/mol. The summed E-state index contributed by atoms with van der Waals surface area (Å²) in [6.07, 6.45) is 8.27. The van der Waals surface area contributed by atoms with E-state index in [0.29, 0.717) is 6.04 Å². The Balaban J connectivity index is 1.64. The molecule has 3 heteroatoms. The highest BCUT2D eigenvalue weighted by Gasteiger charge is 2.30. The zero-order chi connectivity index (χ0) is 12.4. The third-order valence-electron chi connectivity index (χ3n) is 4.60. The number of hydrogen-bond acceptors (Lipinski definition) is 3. The van der Waals surface area contributed by atoms with E-state index < -0.39 is 0 Å². The van der Waals surface area contributed by atoms with E-state index in [-0.39, 0.29) is 0 Å². The largest absolute Gasteiger partial charge is 0.469 e. The molecular weight excluding hydrogens is 224 g/mol. The van der Waals surface area contributed by atoms with Crippen LogP contribution in [0.3, 0.4) is 0 Å². The van der Waals surface area contributed by atoms with E-state index in [2.05, 4.69) is 23.3 Å². The molecular formula is C15H24N2O. The lowest BCUT2D eigenvalue weighted by atomic mass is 9.89. The van der Waals surface area contributed by atoms with Crippen molar-refractivity contribution in [1.29, 1.82) is 0 Å². The van der Waals surface area contributed by atoms with Crippen molar-refractivity contribution in [3.8, 4) is 0 Å². The highest BCUT2D eigenvalue weighted by molar-refractivity contribution is 5.24. The molecule has 2 heterocycles. The topological polar surface area (TPSA) is 28.4 Å². The molecule has 3 nitrogen and oxygen atoms in total. The summed E-state index contributed by atoms with van der Waals surface area (Å²) in [7, 11) is 2.06. The van der Waals surface area contributed by atoms with Crippen LogP contribution in [0.1, 0.15) is 43.0 Å². The Morgan fingerprint density at radius 3 is 2.94 bits per heavy atom. The molecule has 1 fully saturated rings. The minimum Gasteiger partial charge on any atom is -0.469 e. The lowest BCUT2D eigenvalue weighted by Gasteiger charge is -2.39. The molecule has 1 aliphatic heterocycles. The molecule has 0 bridgehead atoms. The first-order valence-corrected chi connectivity index (χ1v) is 7.33. The Bertz CT molecular complexity index is 380. The fourth-order valence-electron chi connectivity index (χ4n) is 3.60. The molecule has 1 aromatic rings. The molecule has 0 saturated carbocycles. The maximum absolute atomic E-state index is 5.60. The van der Waals surface area contributed by atoms with Crippen LogP contribution in [-0.4, -0.2) is 31.6 Å². The fourth-order valence-corrected chi connectivity index (χ4v) is 3.60. The van der Waals surface area contributed by atoms with Gasteiger partial charge in [-0.15, -0.1) is 0 Å². The molecule has 1 unspecified atom stereocenters. The smallest absolute Gasteiger partial charge is 0.108 e. The van der Waals surface area contributed by atoms with Crippen molar-refractivity contribution in [1.82, 2.24) is 10.2 Å². The number of hydrogen-bond donors (Lipinski definition) is 1. The second kappa shape index (κ2) is 5.45. The summed E-state index contributed by atoms with van der Waals surface area (Å²) in [5.41, 5.74) is 1.47. The van der Waals surface area contributed by atoms with Gasteiger partial charge < -0.3 is 9.73 Å². The van der Waals surface area contributed by atoms with Gasteiger partial charge in [-0.1, -0.05) is 0 Å². The van der Waals surface area contributed by atoms with Crippen molar-refractivity contribution < 1.29 is 4.42 Å². The standard InChI is InChI=1S/C15H24N2O/c1-16-11-12-5-8-17(9-6-12)14-3-2-4-15-13(14)7-10-18-15/h7,10,12,14,16H,2-6,8-9,11H2,1H3.